The summed E-state index contributed by atoms with van der Waals surface area (Å²) in [6.45, 7) is 5.88. The van der Waals surface area contributed by atoms with Crippen molar-refractivity contribution in [3.05, 3.63) is 28.8 Å². The van der Waals surface area contributed by atoms with Crippen LogP contribution in [0.25, 0.3) is 0 Å². The molecule has 0 atom stereocenters. The number of benzene rings is 1. The van der Waals surface area contributed by atoms with Crippen molar-refractivity contribution < 1.29 is 17.9 Å². The zero-order valence-corrected chi connectivity index (χ0v) is 10.1. The van der Waals surface area contributed by atoms with E-state index in [4.69, 9.17) is 11.6 Å². The van der Waals surface area contributed by atoms with Gasteiger partial charge in [0.25, 0.3) is 0 Å². The minimum absolute atomic E-state index is 0.222. The maximum absolute atomic E-state index is 11.7. The second-order valence-electron chi connectivity index (χ2n) is 3.22. The zero-order valence-electron chi connectivity index (χ0n) is 9.36. The van der Waals surface area contributed by atoms with E-state index in [0.717, 1.165) is 6.07 Å². The zero-order chi connectivity index (χ0) is 12.8. The monoisotopic (exact) mass is 254 g/mol. The lowest BCUT2D eigenvalue weighted by molar-refractivity contribution is -0.274. The Kier molecular flexibility index (Phi) is 6.26. The molecule has 1 aromatic rings. The molecular weight excluding hydrogens is 241 g/mol. The van der Waals surface area contributed by atoms with Crippen molar-refractivity contribution in [1.82, 2.24) is 0 Å². The van der Waals surface area contributed by atoms with Crippen LogP contribution in [0.15, 0.2) is 18.2 Å². The van der Waals surface area contributed by atoms with Crippen molar-refractivity contribution in [3.8, 4) is 5.75 Å². The fourth-order valence-corrected chi connectivity index (χ4v) is 1.17. The Labute approximate surface area is 98.2 Å². The summed E-state index contributed by atoms with van der Waals surface area (Å²) >= 11 is 5.53. The van der Waals surface area contributed by atoms with Crippen molar-refractivity contribution in [3.63, 3.8) is 0 Å². The molecule has 0 heterocycles. The fourth-order valence-electron chi connectivity index (χ4n) is 0.895. The van der Waals surface area contributed by atoms with E-state index in [-0.39, 0.29) is 10.8 Å². The van der Waals surface area contributed by atoms with Crippen molar-refractivity contribution in [1.29, 1.82) is 0 Å². The van der Waals surface area contributed by atoms with Gasteiger partial charge in [0, 0.05) is 5.02 Å². The molecule has 1 rings (SSSR count). The lowest BCUT2D eigenvalue weighted by Gasteiger charge is -2.09. The van der Waals surface area contributed by atoms with Gasteiger partial charge in [-0.3, -0.25) is 0 Å². The van der Waals surface area contributed by atoms with E-state index < -0.39 is 6.36 Å². The largest absolute Gasteiger partial charge is 0.573 e. The van der Waals surface area contributed by atoms with Gasteiger partial charge in [0.15, 0.2) is 0 Å². The topological polar surface area (TPSA) is 9.23 Å². The Morgan fingerprint density at radius 2 is 1.69 bits per heavy atom. The van der Waals surface area contributed by atoms with Gasteiger partial charge >= 0.3 is 6.36 Å². The normalized spacial score (nSPS) is 10.4. The Hall–Kier alpha value is -0.900. The quantitative estimate of drug-likeness (QED) is 0.688. The predicted molar refractivity (Wildman–Crippen MR) is 58.8 cm³/mol. The van der Waals surface area contributed by atoms with Crippen LogP contribution in [0.5, 0.6) is 5.75 Å². The first kappa shape index (κ1) is 15.1. The van der Waals surface area contributed by atoms with Crippen LogP contribution in [0.4, 0.5) is 13.2 Å². The van der Waals surface area contributed by atoms with Gasteiger partial charge < -0.3 is 4.74 Å². The summed E-state index contributed by atoms with van der Waals surface area (Å²) in [5, 5.41) is 0.222. The molecular formula is C11H14ClF3O. The predicted octanol–water partition coefficient (Wildman–Crippen LogP) is 4.96. The van der Waals surface area contributed by atoms with Gasteiger partial charge in [-0.05, 0) is 30.7 Å². The summed E-state index contributed by atoms with van der Waals surface area (Å²) in [5.41, 5.74) is 0.617. The molecule has 0 fully saturated rings. The number of ether oxygens (including phenoxy) is 1. The maximum Gasteiger partial charge on any atom is 0.573 e. The number of hydrogen-bond donors (Lipinski definition) is 0. The second-order valence-corrected chi connectivity index (χ2v) is 3.66. The second kappa shape index (κ2) is 6.63. The highest BCUT2D eigenvalue weighted by Gasteiger charge is 2.31. The van der Waals surface area contributed by atoms with Gasteiger partial charge in [-0.25, -0.2) is 0 Å². The molecule has 0 N–H and O–H groups in total. The summed E-state index contributed by atoms with van der Waals surface area (Å²) in [4.78, 5) is 0. The first-order valence-corrected chi connectivity index (χ1v) is 5.19. The van der Waals surface area contributed by atoms with Crippen LogP contribution < -0.4 is 4.74 Å². The van der Waals surface area contributed by atoms with E-state index in [1.807, 2.05) is 0 Å². The van der Waals surface area contributed by atoms with E-state index in [0.29, 0.717) is 5.56 Å². The highest BCUT2D eigenvalue weighted by atomic mass is 35.5. The molecule has 0 aliphatic rings. The van der Waals surface area contributed by atoms with Crippen molar-refractivity contribution in [2.24, 2.45) is 0 Å². The highest BCUT2D eigenvalue weighted by Crippen LogP contribution is 2.26. The van der Waals surface area contributed by atoms with Crippen LogP contribution in [-0.4, -0.2) is 6.36 Å². The number of halogens is 4. The summed E-state index contributed by atoms with van der Waals surface area (Å²) in [6, 6.07) is 3.92. The fraction of sp³-hybridized carbons (Fsp3) is 0.455. The third-order valence-electron chi connectivity index (χ3n) is 1.25. The first-order valence-electron chi connectivity index (χ1n) is 4.81. The van der Waals surface area contributed by atoms with Gasteiger partial charge in [-0.15, -0.1) is 13.2 Å². The van der Waals surface area contributed by atoms with Crippen LogP contribution >= 0.6 is 11.6 Å². The molecule has 0 aromatic heterocycles. The lowest BCUT2D eigenvalue weighted by Crippen LogP contribution is -2.17. The SMILES string of the molecule is CCC.Cc1cc(Cl)cc(OC(F)(F)F)c1. The average Bonchev–Trinajstić information content (AvgIpc) is 1.98. The standard InChI is InChI=1S/C8H6ClF3O.C3H8/c1-5-2-6(9)4-7(3-5)13-8(10,11)12;1-3-2/h2-4H,1H3;3H2,1-2H3. The first-order chi connectivity index (χ1) is 7.28. The van der Waals surface area contributed by atoms with Crippen molar-refractivity contribution in [2.75, 3.05) is 0 Å². The Bertz CT molecular complexity index is 303. The van der Waals surface area contributed by atoms with E-state index in [2.05, 4.69) is 18.6 Å². The van der Waals surface area contributed by atoms with E-state index in [1.165, 1.54) is 12.5 Å². The third-order valence-corrected chi connectivity index (χ3v) is 1.47. The Balaban J connectivity index is 0.000000673. The average molecular weight is 255 g/mol. The van der Waals surface area contributed by atoms with E-state index >= 15 is 0 Å². The summed E-state index contributed by atoms with van der Waals surface area (Å²) in [6.07, 6.45) is -3.42. The van der Waals surface area contributed by atoms with Crippen LogP contribution in [0.1, 0.15) is 25.8 Å². The number of hydrogen-bond acceptors (Lipinski definition) is 1. The smallest absolute Gasteiger partial charge is 0.406 e. The molecule has 0 aliphatic carbocycles. The molecule has 16 heavy (non-hydrogen) atoms. The van der Waals surface area contributed by atoms with E-state index in [9.17, 15) is 13.2 Å². The maximum atomic E-state index is 11.7. The molecule has 0 radical (unpaired) electrons. The van der Waals surface area contributed by atoms with Crippen molar-refractivity contribution >= 4 is 11.6 Å². The number of rotatable bonds is 1. The van der Waals surface area contributed by atoms with E-state index in [1.54, 1.807) is 13.0 Å². The summed E-state index contributed by atoms with van der Waals surface area (Å²) < 4.78 is 38.9. The molecule has 5 heteroatoms. The molecule has 0 saturated carbocycles. The van der Waals surface area contributed by atoms with Crippen LogP contribution in [-0.2, 0) is 0 Å². The molecule has 1 nitrogen and oxygen atoms in total. The number of aryl methyl sites for hydroxylation is 1. The Morgan fingerprint density at radius 3 is 2.06 bits per heavy atom. The van der Waals surface area contributed by atoms with Gasteiger partial charge in [0.05, 0.1) is 0 Å². The Morgan fingerprint density at radius 1 is 1.19 bits per heavy atom. The van der Waals surface area contributed by atoms with Crippen LogP contribution in [0.3, 0.4) is 0 Å². The molecule has 92 valence electrons. The third kappa shape index (κ3) is 7.40. The summed E-state index contributed by atoms with van der Waals surface area (Å²) in [5.74, 6) is -0.294. The summed E-state index contributed by atoms with van der Waals surface area (Å²) in [7, 11) is 0. The molecule has 0 aliphatic heterocycles. The molecule has 0 spiro atoms. The molecule has 0 amide bonds. The van der Waals surface area contributed by atoms with Crippen LogP contribution in [0, 0.1) is 6.92 Å². The minimum Gasteiger partial charge on any atom is -0.406 e. The van der Waals surface area contributed by atoms with Crippen molar-refractivity contribution in [2.45, 2.75) is 33.6 Å². The van der Waals surface area contributed by atoms with Gasteiger partial charge in [-0.2, -0.15) is 0 Å². The van der Waals surface area contributed by atoms with Gasteiger partial charge in [-0.1, -0.05) is 31.9 Å². The van der Waals surface area contributed by atoms with Crippen LogP contribution in [0.2, 0.25) is 5.02 Å². The van der Waals surface area contributed by atoms with Gasteiger partial charge in [0.2, 0.25) is 0 Å². The lowest BCUT2D eigenvalue weighted by atomic mass is 10.2. The molecule has 0 bridgehead atoms. The molecule has 0 saturated heterocycles. The number of alkyl halides is 3. The van der Waals surface area contributed by atoms with Gasteiger partial charge in [0.1, 0.15) is 5.75 Å². The molecule has 0 unspecified atom stereocenters. The highest BCUT2D eigenvalue weighted by molar-refractivity contribution is 6.30. The minimum atomic E-state index is -4.67. The molecule has 1 aromatic carbocycles.